The van der Waals surface area contributed by atoms with Crippen LogP contribution in [0.2, 0.25) is 5.02 Å². The van der Waals surface area contributed by atoms with Crippen LogP contribution in [0.4, 0.5) is 13.2 Å². The van der Waals surface area contributed by atoms with E-state index in [9.17, 15) is 23.1 Å². The van der Waals surface area contributed by atoms with Gasteiger partial charge in [-0.15, -0.1) is 13.2 Å². The number of nitrogens with zero attached hydrogens (tertiary/aromatic N) is 1. The zero-order valence-corrected chi connectivity index (χ0v) is 19.2. The van der Waals surface area contributed by atoms with E-state index < -0.39 is 12.3 Å². The third kappa shape index (κ3) is 6.25. The fourth-order valence-corrected chi connectivity index (χ4v) is 3.58. The molecule has 0 aliphatic rings. The average Bonchev–Trinajstić information content (AvgIpc) is 2.84. The highest BCUT2D eigenvalue weighted by atomic mass is 35.5. The minimum atomic E-state index is -4.77. The number of halogens is 4. The van der Waals surface area contributed by atoms with Gasteiger partial charge in [0.15, 0.2) is 0 Å². The predicted octanol–water partition coefficient (Wildman–Crippen LogP) is 6.44. The van der Waals surface area contributed by atoms with Crippen molar-refractivity contribution in [3.8, 4) is 17.2 Å². The number of nitrogens with one attached hydrogen (secondary N) is 1. The Morgan fingerprint density at radius 2 is 1.78 bits per heavy atom. The number of phenols is 1. The van der Waals surface area contributed by atoms with Crippen LogP contribution < -0.4 is 14.9 Å². The molecule has 4 aromatic rings. The number of hydrogen-bond acceptors (Lipinski definition) is 5. The van der Waals surface area contributed by atoms with Crippen LogP contribution >= 0.6 is 11.6 Å². The Bertz CT molecular complexity index is 1440. The lowest BCUT2D eigenvalue weighted by Crippen LogP contribution is -2.17. The Kier molecular flexibility index (Phi) is 7.30. The molecule has 0 fully saturated rings. The van der Waals surface area contributed by atoms with Gasteiger partial charge in [-0.2, -0.15) is 5.10 Å². The van der Waals surface area contributed by atoms with E-state index in [0.717, 1.165) is 10.8 Å². The van der Waals surface area contributed by atoms with Crippen LogP contribution in [0, 0.1) is 0 Å². The summed E-state index contributed by atoms with van der Waals surface area (Å²) < 4.78 is 47.3. The van der Waals surface area contributed by atoms with Gasteiger partial charge in [0.2, 0.25) is 0 Å². The molecule has 36 heavy (non-hydrogen) atoms. The van der Waals surface area contributed by atoms with E-state index in [0.29, 0.717) is 16.9 Å². The molecule has 0 spiro atoms. The van der Waals surface area contributed by atoms with Crippen molar-refractivity contribution in [3.05, 3.63) is 101 Å². The first-order valence-corrected chi connectivity index (χ1v) is 10.9. The molecule has 6 nitrogen and oxygen atoms in total. The lowest BCUT2D eigenvalue weighted by atomic mass is 10.0. The number of rotatable bonds is 7. The third-order valence-electron chi connectivity index (χ3n) is 5.02. The SMILES string of the molecule is O=C(N/N=C/c1ccc(OCc2cccc(OC(F)(F)F)c2)c2ccccc12)c1ccc(O)c(Cl)c1. The molecule has 0 radical (unpaired) electrons. The summed E-state index contributed by atoms with van der Waals surface area (Å²) in [5, 5.41) is 15.1. The maximum absolute atomic E-state index is 12.5. The maximum Gasteiger partial charge on any atom is 0.573 e. The molecule has 4 aromatic carbocycles. The van der Waals surface area contributed by atoms with Gasteiger partial charge in [-0.3, -0.25) is 4.79 Å². The minimum absolute atomic E-state index is 0.0255. The Morgan fingerprint density at radius 3 is 2.53 bits per heavy atom. The van der Waals surface area contributed by atoms with Crippen LogP contribution in [0.5, 0.6) is 17.2 Å². The smallest absolute Gasteiger partial charge is 0.506 e. The van der Waals surface area contributed by atoms with Crippen LogP contribution in [0.25, 0.3) is 10.8 Å². The molecule has 10 heteroatoms. The number of fused-ring (bicyclic) bond motifs is 1. The number of ether oxygens (including phenoxy) is 2. The van der Waals surface area contributed by atoms with Crippen LogP contribution in [-0.4, -0.2) is 23.6 Å². The second-order valence-corrected chi connectivity index (χ2v) is 7.95. The first-order chi connectivity index (χ1) is 17.2. The second kappa shape index (κ2) is 10.6. The van der Waals surface area contributed by atoms with Crippen molar-refractivity contribution >= 4 is 34.5 Å². The Balaban J connectivity index is 1.48. The van der Waals surface area contributed by atoms with Crippen molar-refractivity contribution < 1.29 is 32.5 Å². The van der Waals surface area contributed by atoms with Crippen molar-refractivity contribution in [2.45, 2.75) is 13.0 Å². The molecule has 184 valence electrons. The van der Waals surface area contributed by atoms with Gasteiger partial charge in [0.25, 0.3) is 5.91 Å². The molecule has 0 atom stereocenters. The number of aromatic hydroxyl groups is 1. The number of carbonyl (C=O) groups is 1. The van der Waals surface area contributed by atoms with Gasteiger partial charge in [0.05, 0.1) is 11.2 Å². The summed E-state index contributed by atoms with van der Waals surface area (Å²) in [5.41, 5.74) is 3.84. The van der Waals surface area contributed by atoms with Gasteiger partial charge in [-0.25, -0.2) is 5.43 Å². The Labute approximate surface area is 208 Å². The standard InChI is InChI=1S/C26H18ClF3N2O4/c27-22-13-17(8-10-23(22)33)25(34)32-31-14-18-9-11-24(21-7-2-1-6-20(18)21)35-15-16-4-3-5-19(12-16)36-26(28,29)30/h1-14,33H,15H2,(H,32,34)/b31-14+. The molecule has 1 amide bonds. The number of benzene rings is 4. The fourth-order valence-electron chi connectivity index (χ4n) is 3.40. The minimum Gasteiger partial charge on any atom is -0.506 e. The maximum atomic E-state index is 12.5. The molecule has 0 bridgehead atoms. The van der Waals surface area contributed by atoms with Crippen LogP contribution in [0.1, 0.15) is 21.5 Å². The molecule has 0 aliphatic heterocycles. The fraction of sp³-hybridized carbons (Fsp3) is 0.0769. The predicted molar refractivity (Wildman–Crippen MR) is 130 cm³/mol. The molecular formula is C26H18ClF3N2O4. The number of hydrogen-bond donors (Lipinski definition) is 2. The molecule has 0 aromatic heterocycles. The van der Waals surface area contributed by atoms with Crippen LogP contribution in [0.15, 0.2) is 84.0 Å². The summed E-state index contributed by atoms with van der Waals surface area (Å²) in [4.78, 5) is 12.3. The van der Waals surface area contributed by atoms with E-state index in [2.05, 4.69) is 15.3 Å². The monoisotopic (exact) mass is 514 g/mol. The molecule has 2 N–H and O–H groups in total. The zero-order chi connectivity index (χ0) is 25.7. The lowest BCUT2D eigenvalue weighted by Gasteiger charge is -2.13. The van der Waals surface area contributed by atoms with Crippen LogP contribution in [-0.2, 0) is 6.61 Å². The highest BCUT2D eigenvalue weighted by molar-refractivity contribution is 6.32. The highest BCUT2D eigenvalue weighted by Gasteiger charge is 2.31. The number of amides is 1. The van der Waals surface area contributed by atoms with Gasteiger partial charge in [-0.05, 0) is 53.4 Å². The van der Waals surface area contributed by atoms with Crippen molar-refractivity contribution in [1.82, 2.24) is 5.43 Å². The largest absolute Gasteiger partial charge is 0.573 e. The molecule has 0 saturated carbocycles. The van der Waals surface area contributed by atoms with Crippen molar-refractivity contribution in [3.63, 3.8) is 0 Å². The Morgan fingerprint density at radius 1 is 1.00 bits per heavy atom. The molecule has 0 saturated heterocycles. The molecule has 0 unspecified atom stereocenters. The Hall–Kier alpha value is -4.24. The van der Waals surface area contributed by atoms with E-state index in [1.165, 1.54) is 42.6 Å². The van der Waals surface area contributed by atoms with Gasteiger partial charge in [0.1, 0.15) is 23.9 Å². The van der Waals surface area contributed by atoms with Gasteiger partial charge < -0.3 is 14.6 Å². The first-order valence-electron chi connectivity index (χ1n) is 10.5. The highest BCUT2D eigenvalue weighted by Crippen LogP contribution is 2.29. The summed E-state index contributed by atoms with van der Waals surface area (Å²) in [6.07, 6.45) is -3.30. The number of alkyl halides is 3. The summed E-state index contributed by atoms with van der Waals surface area (Å²) in [5.74, 6) is -0.439. The summed E-state index contributed by atoms with van der Waals surface area (Å²) in [6, 6.07) is 20.4. The van der Waals surface area contributed by atoms with Crippen molar-refractivity contribution in [2.75, 3.05) is 0 Å². The molecular weight excluding hydrogens is 497 g/mol. The van der Waals surface area contributed by atoms with E-state index in [4.69, 9.17) is 16.3 Å². The number of hydrazone groups is 1. The lowest BCUT2D eigenvalue weighted by molar-refractivity contribution is -0.274. The normalized spacial score (nSPS) is 11.6. The van der Waals surface area contributed by atoms with E-state index >= 15 is 0 Å². The zero-order valence-electron chi connectivity index (χ0n) is 18.4. The van der Waals surface area contributed by atoms with Crippen LogP contribution in [0.3, 0.4) is 0 Å². The van der Waals surface area contributed by atoms with E-state index in [1.807, 2.05) is 24.3 Å². The third-order valence-corrected chi connectivity index (χ3v) is 5.33. The molecule has 0 aliphatic carbocycles. The van der Waals surface area contributed by atoms with E-state index in [1.54, 1.807) is 18.2 Å². The second-order valence-electron chi connectivity index (χ2n) is 7.55. The van der Waals surface area contributed by atoms with E-state index in [-0.39, 0.29) is 28.7 Å². The van der Waals surface area contributed by atoms with Gasteiger partial charge >= 0.3 is 6.36 Å². The topological polar surface area (TPSA) is 80.2 Å². The van der Waals surface area contributed by atoms with Gasteiger partial charge in [-0.1, -0.05) is 48.0 Å². The average molecular weight is 515 g/mol. The van der Waals surface area contributed by atoms with Crippen molar-refractivity contribution in [2.24, 2.45) is 5.10 Å². The molecule has 0 heterocycles. The molecule has 4 rings (SSSR count). The number of phenolic OH excluding ortho intramolecular Hbond substituents is 1. The van der Waals surface area contributed by atoms with Gasteiger partial charge in [0, 0.05) is 16.5 Å². The first kappa shape index (κ1) is 24.9. The summed E-state index contributed by atoms with van der Waals surface area (Å²) >= 11 is 5.83. The quantitative estimate of drug-likeness (QED) is 0.220. The summed E-state index contributed by atoms with van der Waals surface area (Å²) in [6.45, 7) is 0.0255. The number of carbonyl (C=O) groups excluding carboxylic acids is 1. The summed E-state index contributed by atoms with van der Waals surface area (Å²) in [7, 11) is 0. The van der Waals surface area contributed by atoms with Crippen molar-refractivity contribution in [1.29, 1.82) is 0 Å².